The maximum Gasteiger partial charge on any atom is 0.179 e. The standard InChI is InChI=1S/C16H19ClN2O2/c1-20-15-10-12(9-13(17)16(15)21-2)14(19-18)8-11-6-4-3-5-7-11/h3-7,9-10,14,19H,8,18H2,1-2H3. The van der Waals surface area contributed by atoms with Gasteiger partial charge in [-0.1, -0.05) is 41.9 Å². The van der Waals surface area contributed by atoms with E-state index in [9.17, 15) is 0 Å². The highest BCUT2D eigenvalue weighted by molar-refractivity contribution is 6.32. The smallest absolute Gasteiger partial charge is 0.179 e. The van der Waals surface area contributed by atoms with Crippen LogP contribution in [-0.4, -0.2) is 14.2 Å². The van der Waals surface area contributed by atoms with Gasteiger partial charge in [-0.2, -0.15) is 0 Å². The minimum atomic E-state index is -0.0651. The molecule has 2 rings (SSSR count). The second kappa shape index (κ2) is 7.31. The van der Waals surface area contributed by atoms with Crippen molar-refractivity contribution in [3.8, 4) is 11.5 Å². The van der Waals surface area contributed by atoms with Gasteiger partial charge in [-0.3, -0.25) is 11.3 Å². The lowest BCUT2D eigenvalue weighted by atomic mass is 9.99. The summed E-state index contributed by atoms with van der Waals surface area (Å²) in [7, 11) is 3.14. The number of rotatable bonds is 6. The van der Waals surface area contributed by atoms with Crippen LogP contribution in [0.5, 0.6) is 11.5 Å². The Balaban J connectivity index is 2.32. The highest BCUT2D eigenvalue weighted by Crippen LogP contribution is 2.38. The molecule has 0 aliphatic rings. The zero-order valence-corrected chi connectivity index (χ0v) is 12.9. The Bertz CT molecular complexity index is 590. The zero-order valence-electron chi connectivity index (χ0n) is 12.1. The molecule has 1 unspecified atom stereocenters. The summed E-state index contributed by atoms with van der Waals surface area (Å²) in [4.78, 5) is 0. The van der Waals surface area contributed by atoms with Crippen LogP contribution in [0.1, 0.15) is 17.2 Å². The van der Waals surface area contributed by atoms with E-state index in [1.807, 2.05) is 30.3 Å². The maximum absolute atomic E-state index is 6.24. The lowest BCUT2D eigenvalue weighted by Crippen LogP contribution is -2.29. The highest BCUT2D eigenvalue weighted by Gasteiger charge is 2.17. The molecule has 4 nitrogen and oxygen atoms in total. The highest BCUT2D eigenvalue weighted by atomic mass is 35.5. The molecule has 0 fully saturated rings. The third-order valence-electron chi connectivity index (χ3n) is 3.34. The molecule has 0 heterocycles. The summed E-state index contributed by atoms with van der Waals surface area (Å²) in [6.07, 6.45) is 0.753. The Morgan fingerprint density at radius 3 is 2.43 bits per heavy atom. The van der Waals surface area contributed by atoms with Gasteiger partial charge in [0.25, 0.3) is 0 Å². The quantitative estimate of drug-likeness (QED) is 0.636. The summed E-state index contributed by atoms with van der Waals surface area (Å²) in [6.45, 7) is 0. The van der Waals surface area contributed by atoms with E-state index < -0.39 is 0 Å². The third kappa shape index (κ3) is 3.67. The van der Waals surface area contributed by atoms with Gasteiger partial charge in [0.2, 0.25) is 0 Å². The summed E-state index contributed by atoms with van der Waals surface area (Å²) in [5.74, 6) is 6.82. The topological polar surface area (TPSA) is 56.5 Å². The minimum Gasteiger partial charge on any atom is -0.493 e. The number of ether oxygens (including phenoxy) is 2. The van der Waals surface area contributed by atoms with Crippen LogP contribution in [0.2, 0.25) is 5.02 Å². The first-order valence-electron chi connectivity index (χ1n) is 6.61. The molecule has 0 saturated heterocycles. The summed E-state index contributed by atoms with van der Waals surface area (Å²) in [6, 6.07) is 13.8. The van der Waals surface area contributed by atoms with E-state index in [1.54, 1.807) is 14.2 Å². The molecule has 0 aromatic heterocycles. The molecule has 21 heavy (non-hydrogen) atoms. The number of hydrazine groups is 1. The van der Waals surface area contributed by atoms with Crippen LogP contribution in [0.25, 0.3) is 0 Å². The van der Waals surface area contributed by atoms with Crippen LogP contribution >= 0.6 is 11.6 Å². The van der Waals surface area contributed by atoms with Crippen molar-refractivity contribution in [1.82, 2.24) is 5.43 Å². The Kier molecular flexibility index (Phi) is 5.44. The molecule has 0 aliphatic carbocycles. The lowest BCUT2D eigenvalue weighted by Gasteiger charge is -2.19. The predicted octanol–water partition coefficient (Wildman–Crippen LogP) is 3.10. The number of methoxy groups -OCH3 is 2. The van der Waals surface area contributed by atoms with Gasteiger partial charge in [0, 0.05) is 0 Å². The lowest BCUT2D eigenvalue weighted by molar-refractivity contribution is 0.354. The maximum atomic E-state index is 6.24. The first-order chi connectivity index (χ1) is 10.2. The summed E-state index contributed by atoms with van der Waals surface area (Å²) >= 11 is 6.24. The third-order valence-corrected chi connectivity index (χ3v) is 3.62. The van der Waals surface area contributed by atoms with Crippen LogP contribution in [0, 0.1) is 0 Å². The number of nitrogens with two attached hydrogens (primary N) is 1. The van der Waals surface area contributed by atoms with E-state index in [1.165, 1.54) is 5.56 Å². The van der Waals surface area contributed by atoms with Crippen molar-refractivity contribution in [2.24, 2.45) is 5.84 Å². The van der Waals surface area contributed by atoms with Crippen LogP contribution in [0.4, 0.5) is 0 Å². The molecule has 112 valence electrons. The predicted molar refractivity (Wildman–Crippen MR) is 84.8 cm³/mol. The summed E-state index contributed by atoms with van der Waals surface area (Å²) < 4.78 is 10.6. The molecule has 0 spiro atoms. The van der Waals surface area contributed by atoms with E-state index in [2.05, 4.69) is 17.6 Å². The molecule has 3 N–H and O–H groups in total. The number of halogens is 1. The first kappa shape index (κ1) is 15.6. The molecule has 2 aromatic carbocycles. The van der Waals surface area contributed by atoms with Crippen LogP contribution in [0.15, 0.2) is 42.5 Å². The normalized spacial score (nSPS) is 12.0. The Hall–Kier alpha value is -1.75. The van der Waals surface area contributed by atoms with Crippen LogP contribution in [0.3, 0.4) is 0 Å². The number of hydrogen-bond acceptors (Lipinski definition) is 4. The molecule has 5 heteroatoms. The number of benzene rings is 2. The van der Waals surface area contributed by atoms with E-state index >= 15 is 0 Å². The van der Waals surface area contributed by atoms with Gasteiger partial charge in [0.05, 0.1) is 25.3 Å². The van der Waals surface area contributed by atoms with Gasteiger partial charge in [0.15, 0.2) is 11.5 Å². The van der Waals surface area contributed by atoms with E-state index in [-0.39, 0.29) is 6.04 Å². The average molecular weight is 307 g/mol. The fourth-order valence-electron chi connectivity index (χ4n) is 2.26. The van der Waals surface area contributed by atoms with Gasteiger partial charge in [0.1, 0.15) is 0 Å². The first-order valence-corrected chi connectivity index (χ1v) is 6.98. The van der Waals surface area contributed by atoms with Crippen LogP contribution in [-0.2, 0) is 6.42 Å². The molecule has 0 aliphatic heterocycles. The van der Waals surface area contributed by atoms with Crippen molar-refractivity contribution in [2.75, 3.05) is 14.2 Å². The Labute approximate surface area is 129 Å². The molecule has 0 amide bonds. The summed E-state index contributed by atoms with van der Waals surface area (Å²) in [5.41, 5.74) is 4.96. The van der Waals surface area contributed by atoms with Crippen molar-refractivity contribution >= 4 is 11.6 Å². The Morgan fingerprint density at radius 1 is 1.14 bits per heavy atom. The monoisotopic (exact) mass is 306 g/mol. The summed E-state index contributed by atoms with van der Waals surface area (Å²) in [5, 5.41) is 0.500. The van der Waals surface area contributed by atoms with E-state index in [4.69, 9.17) is 26.9 Å². The second-order valence-corrected chi connectivity index (χ2v) is 5.05. The average Bonchev–Trinajstić information content (AvgIpc) is 2.52. The van der Waals surface area contributed by atoms with E-state index in [0.29, 0.717) is 16.5 Å². The van der Waals surface area contributed by atoms with Crippen molar-refractivity contribution in [3.63, 3.8) is 0 Å². The molecule has 2 aromatic rings. The second-order valence-electron chi connectivity index (χ2n) is 4.65. The van der Waals surface area contributed by atoms with Gasteiger partial charge in [-0.15, -0.1) is 0 Å². The van der Waals surface area contributed by atoms with Crippen LogP contribution < -0.4 is 20.7 Å². The minimum absolute atomic E-state index is 0.0651. The zero-order chi connectivity index (χ0) is 15.2. The van der Waals surface area contributed by atoms with Gasteiger partial charge < -0.3 is 9.47 Å². The molecule has 0 bridgehead atoms. The fraction of sp³-hybridized carbons (Fsp3) is 0.250. The van der Waals surface area contributed by atoms with Gasteiger partial charge in [-0.25, -0.2) is 0 Å². The van der Waals surface area contributed by atoms with Crippen molar-refractivity contribution in [1.29, 1.82) is 0 Å². The van der Waals surface area contributed by atoms with Gasteiger partial charge >= 0.3 is 0 Å². The van der Waals surface area contributed by atoms with Crippen molar-refractivity contribution in [3.05, 3.63) is 58.6 Å². The van der Waals surface area contributed by atoms with Gasteiger partial charge in [-0.05, 0) is 29.7 Å². The number of nitrogens with one attached hydrogen (secondary N) is 1. The van der Waals surface area contributed by atoms with Crippen molar-refractivity contribution < 1.29 is 9.47 Å². The fourth-order valence-corrected chi connectivity index (χ4v) is 2.56. The SMILES string of the molecule is COc1cc(C(Cc2ccccc2)NN)cc(Cl)c1OC. The van der Waals surface area contributed by atoms with E-state index in [0.717, 1.165) is 12.0 Å². The largest absolute Gasteiger partial charge is 0.493 e. The Morgan fingerprint density at radius 2 is 1.86 bits per heavy atom. The molecule has 0 saturated carbocycles. The molecular formula is C16H19ClN2O2. The molecule has 0 radical (unpaired) electrons. The number of hydrogen-bond donors (Lipinski definition) is 2. The molecular weight excluding hydrogens is 288 g/mol. The molecule has 1 atom stereocenters. The van der Waals surface area contributed by atoms with Crippen molar-refractivity contribution in [2.45, 2.75) is 12.5 Å².